The van der Waals surface area contributed by atoms with Crippen LogP contribution in [0.1, 0.15) is 30.3 Å². The SMILES string of the molecule is CCCc1nn(-c2ccc(C)nn2)c(Cl)c1CO. The number of aliphatic hydroxyl groups excluding tert-OH is 1. The number of hydrogen-bond donors (Lipinski definition) is 1. The van der Waals surface area contributed by atoms with E-state index in [4.69, 9.17) is 11.6 Å². The van der Waals surface area contributed by atoms with Gasteiger partial charge in [0.05, 0.1) is 18.0 Å². The van der Waals surface area contributed by atoms with E-state index >= 15 is 0 Å². The molecule has 0 saturated carbocycles. The molecular formula is C12H15ClN4O. The van der Waals surface area contributed by atoms with Crippen LogP contribution in [0.5, 0.6) is 0 Å². The highest BCUT2D eigenvalue weighted by Gasteiger charge is 2.16. The first-order valence-electron chi connectivity index (χ1n) is 5.85. The van der Waals surface area contributed by atoms with Gasteiger partial charge in [0.25, 0.3) is 0 Å². The number of hydrogen-bond acceptors (Lipinski definition) is 4. The molecule has 2 aromatic heterocycles. The van der Waals surface area contributed by atoms with Crippen molar-refractivity contribution in [2.75, 3.05) is 0 Å². The molecule has 0 aliphatic carbocycles. The van der Waals surface area contributed by atoms with Gasteiger partial charge in [-0.15, -0.1) is 5.10 Å². The van der Waals surface area contributed by atoms with Crippen molar-refractivity contribution in [3.63, 3.8) is 0 Å². The molecule has 18 heavy (non-hydrogen) atoms. The van der Waals surface area contributed by atoms with Crippen molar-refractivity contribution in [1.29, 1.82) is 0 Å². The fourth-order valence-electron chi connectivity index (χ4n) is 1.72. The van der Waals surface area contributed by atoms with Crippen LogP contribution in [-0.4, -0.2) is 25.1 Å². The van der Waals surface area contributed by atoms with Gasteiger partial charge in [0, 0.05) is 5.56 Å². The van der Waals surface area contributed by atoms with Gasteiger partial charge in [0.1, 0.15) is 5.15 Å². The van der Waals surface area contributed by atoms with E-state index in [2.05, 4.69) is 22.2 Å². The Kier molecular flexibility index (Phi) is 3.93. The first-order valence-corrected chi connectivity index (χ1v) is 6.23. The van der Waals surface area contributed by atoms with Crippen LogP contribution in [0.3, 0.4) is 0 Å². The normalized spacial score (nSPS) is 10.9. The van der Waals surface area contributed by atoms with Gasteiger partial charge in [0.15, 0.2) is 5.82 Å². The molecule has 0 aliphatic rings. The Morgan fingerprint density at radius 3 is 2.67 bits per heavy atom. The molecule has 0 spiro atoms. The van der Waals surface area contributed by atoms with Crippen molar-refractivity contribution in [1.82, 2.24) is 20.0 Å². The summed E-state index contributed by atoms with van der Waals surface area (Å²) in [6.45, 7) is 3.80. The number of rotatable bonds is 4. The summed E-state index contributed by atoms with van der Waals surface area (Å²) in [5, 5.41) is 22.2. The molecule has 2 rings (SSSR count). The van der Waals surface area contributed by atoms with Gasteiger partial charge in [-0.05, 0) is 25.5 Å². The molecule has 0 bridgehead atoms. The van der Waals surface area contributed by atoms with Gasteiger partial charge in [-0.1, -0.05) is 24.9 Å². The van der Waals surface area contributed by atoms with Crippen LogP contribution >= 0.6 is 11.6 Å². The van der Waals surface area contributed by atoms with Crippen LogP contribution in [0.4, 0.5) is 0 Å². The maximum Gasteiger partial charge on any atom is 0.177 e. The molecule has 0 fully saturated rings. The Hall–Kier alpha value is -1.46. The van der Waals surface area contributed by atoms with Crippen LogP contribution < -0.4 is 0 Å². The lowest BCUT2D eigenvalue weighted by Crippen LogP contribution is -2.02. The lowest BCUT2D eigenvalue weighted by molar-refractivity contribution is 0.280. The fraction of sp³-hybridized carbons (Fsp3) is 0.417. The quantitative estimate of drug-likeness (QED) is 0.920. The van der Waals surface area contributed by atoms with E-state index in [0.29, 0.717) is 16.5 Å². The van der Waals surface area contributed by atoms with Crippen LogP contribution in [0, 0.1) is 6.92 Å². The Morgan fingerprint density at radius 1 is 1.33 bits per heavy atom. The standard InChI is InChI=1S/C12H15ClN4O/c1-3-4-10-9(7-18)12(13)17(16-10)11-6-5-8(2)14-15-11/h5-6,18H,3-4,7H2,1-2H3. The molecule has 96 valence electrons. The van der Waals surface area contributed by atoms with E-state index in [1.165, 1.54) is 4.68 Å². The summed E-state index contributed by atoms with van der Waals surface area (Å²) in [5.74, 6) is 0.558. The highest BCUT2D eigenvalue weighted by molar-refractivity contribution is 6.30. The van der Waals surface area contributed by atoms with Crippen LogP contribution in [0.15, 0.2) is 12.1 Å². The van der Waals surface area contributed by atoms with E-state index in [9.17, 15) is 5.11 Å². The van der Waals surface area contributed by atoms with Crippen molar-refractivity contribution in [2.45, 2.75) is 33.3 Å². The second-order valence-corrected chi connectivity index (χ2v) is 4.43. The third kappa shape index (κ3) is 2.37. The molecular weight excluding hydrogens is 252 g/mol. The van der Waals surface area contributed by atoms with Crippen LogP contribution in [0.25, 0.3) is 5.82 Å². The lowest BCUT2D eigenvalue weighted by atomic mass is 10.2. The van der Waals surface area contributed by atoms with Crippen molar-refractivity contribution in [2.24, 2.45) is 0 Å². The topological polar surface area (TPSA) is 63.8 Å². The second kappa shape index (κ2) is 5.46. The van der Waals surface area contributed by atoms with Gasteiger partial charge in [-0.3, -0.25) is 0 Å². The number of aryl methyl sites for hydroxylation is 2. The second-order valence-electron chi connectivity index (χ2n) is 4.07. The van der Waals surface area contributed by atoms with Gasteiger partial charge in [-0.25, -0.2) is 4.68 Å². The van der Waals surface area contributed by atoms with E-state index in [-0.39, 0.29) is 6.61 Å². The zero-order chi connectivity index (χ0) is 13.1. The summed E-state index contributed by atoms with van der Waals surface area (Å²) in [4.78, 5) is 0. The number of aromatic nitrogens is 4. The van der Waals surface area contributed by atoms with Crippen molar-refractivity contribution in [3.05, 3.63) is 34.2 Å². The molecule has 0 saturated heterocycles. The van der Waals surface area contributed by atoms with Gasteiger partial charge in [-0.2, -0.15) is 10.2 Å². The summed E-state index contributed by atoms with van der Waals surface area (Å²) in [5.41, 5.74) is 2.31. The van der Waals surface area contributed by atoms with Gasteiger partial charge >= 0.3 is 0 Å². The minimum Gasteiger partial charge on any atom is -0.391 e. The zero-order valence-electron chi connectivity index (χ0n) is 10.4. The Bertz CT molecular complexity index is 536. The van der Waals surface area contributed by atoms with E-state index in [1.54, 1.807) is 6.07 Å². The number of aliphatic hydroxyl groups is 1. The first kappa shape index (κ1) is 13.0. The molecule has 6 heteroatoms. The predicted octanol–water partition coefficient (Wildman–Crippen LogP) is 2.07. The van der Waals surface area contributed by atoms with Crippen LogP contribution in [-0.2, 0) is 13.0 Å². The summed E-state index contributed by atoms with van der Waals surface area (Å²) in [7, 11) is 0. The Balaban J connectivity index is 2.47. The number of nitrogens with zero attached hydrogens (tertiary/aromatic N) is 4. The van der Waals surface area contributed by atoms with Crippen molar-refractivity contribution in [3.8, 4) is 5.82 Å². The summed E-state index contributed by atoms with van der Waals surface area (Å²) in [6.07, 6.45) is 1.72. The Labute approximate surface area is 110 Å². The van der Waals surface area contributed by atoms with Crippen LogP contribution in [0.2, 0.25) is 5.15 Å². The maximum atomic E-state index is 9.36. The van der Waals surface area contributed by atoms with Crippen molar-refractivity contribution >= 4 is 11.6 Å². The first-order chi connectivity index (χ1) is 8.67. The molecule has 0 atom stereocenters. The number of halogens is 1. The third-order valence-electron chi connectivity index (χ3n) is 2.65. The monoisotopic (exact) mass is 266 g/mol. The average molecular weight is 267 g/mol. The molecule has 0 unspecified atom stereocenters. The fourth-order valence-corrected chi connectivity index (χ4v) is 2.02. The predicted molar refractivity (Wildman–Crippen MR) is 68.8 cm³/mol. The van der Waals surface area contributed by atoms with E-state index in [0.717, 1.165) is 24.2 Å². The van der Waals surface area contributed by atoms with E-state index < -0.39 is 0 Å². The molecule has 0 aliphatic heterocycles. The molecule has 2 heterocycles. The van der Waals surface area contributed by atoms with Gasteiger partial charge < -0.3 is 5.11 Å². The average Bonchev–Trinajstić information content (AvgIpc) is 2.67. The largest absolute Gasteiger partial charge is 0.391 e. The smallest absolute Gasteiger partial charge is 0.177 e. The zero-order valence-corrected chi connectivity index (χ0v) is 11.1. The maximum absolute atomic E-state index is 9.36. The minimum absolute atomic E-state index is 0.118. The molecule has 2 aromatic rings. The minimum atomic E-state index is -0.118. The summed E-state index contributed by atoms with van der Waals surface area (Å²) in [6, 6.07) is 3.65. The Morgan fingerprint density at radius 2 is 2.11 bits per heavy atom. The molecule has 5 nitrogen and oxygen atoms in total. The molecule has 0 radical (unpaired) electrons. The summed E-state index contributed by atoms with van der Waals surface area (Å²) < 4.78 is 1.52. The van der Waals surface area contributed by atoms with Gasteiger partial charge in [0.2, 0.25) is 0 Å². The third-order valence-corrected chi connectivity index (χ3v) is 3.04. The lowest BCUT2D eigenvalue weighted by Gasteiger charge is -2.01. The molecule has 0 amide bonds. The highest BCUT2D eigenvalue weighted by atomic mass is 35.5. The highest BCUT2D eigenvalue weighted by Crippen LogP contribution is 2.23. The molecule has 1 N–H and O–H groups in total. The van der Waals surface area contributed by atoms with Crippen molar-refractivity contribution < 1.29 is 5.11 Å². The molecule has 0 aromatic carbocycles. The van der Waals surface area contributed by atoms with E-state index in [1.807, 2.05) is 13.0 Å². The summed E-state index contributed by atoms with van der Waals surface area (Å²) >= 11 is 6.21.